The van der Waals surface area contributed by atoms with Gasteiger partial charge in [0.05, 0.1) is 5.54 Å². The third kappa shape index (κ3) is 4.54. The molecule has 2 amide bonds. The van der Waals surface area contributed by atoms with E-state index in [1.165, 1.54) is 0 Å². The zero-order valence-corrected chi connectivity index (χ0v) is 17.0. The van der Waals surface area contributed by atoms with Crippen LogP contribution in [0.25, 0.3) is 0 Å². The number of nitrogens with two attached hydrogens (primary N) is 1. The first-order valence-electron chi connectivity index (χ1n) is 9.77. The number of para-hydroxylation sites is 1. The van der Waals surface area contributed by atoms with Crippen molar-refractivity contribution >= 4 is 29.9 Å². The van der Waals surface area contributed by atoms with Gasteiger partial charge >= 0.3 is 0 Å². The van der Waals surface area contributed by atoms with Crippen molar-refractivity contribution in [3.63, 3.8) is 0 Å². The zero-order valence-electron chi connectivity index (χ0n) is 16.1. The number of carbonyl (C=O) groups excluding carboxylic acids is 2. The fourth-order valence-corrected chi connectivity index (χ4v) is 4.03. The molecule has 2 aliphatic rings. The van der Waals surface area contributed by atoms with E-state index >= 15 is 0 Å². The molecule has 1 saturated carbocycles. The normalized spacial score (nSPS) is 18.9. The molecule has 1 aliphatic heterocycles. The molecule has 0 saturated heterocycles. The number of amides is 2. The van der Waals surface area contributed by atoms with Gasteiger partial charge in [0.2, 0.25) is 0 Å². The summed E-state index contributed by atoms with van der Waals surface area (Å²) in [6, 6.07) is 14.6. The van der Waals surface area contributed by atoms with Crippen molar-refractivity contribution < 1.29 is 14.3 Å². The summed E-state index contributed by atoms with van der Waals surface area (Å²) >= 11 is 0. The molecule has 0 aromatic heterocycles. The Morgan fingerprint density at radius 1 is 1.10 bits per heavy atom. The highest BCUT2D eigenvalue weighted by atomic mass is 35.5. The van der Waals surface area contributed by atoms with Crippen LogP contribution in [0.3, 0.4) is 0 Å². The molecule has 2 aromatic carbocycles. The highest BCUT2D eigenvalue weighted by Crippen LogP contribution is 2.30. The Kier molecular flexibility index (Phi) is 6.45. The molecule has 4 N–H and O–H groups in total. The summed E-state index contributed by atoms with van der Waals surface area (Å²) in [6.07, 6.45) is 3.96. The minimum absolute atomic E-state index is 0. The Bertz CT molecular complexity index is 871. The Hall–Kier alpha value is -2.57. The number of anilines is 1. The molecule has 2 aromatic rings. The molecular weight excluding hydrogens is 390 g/mol. The van der Waals surface area contributed by atoms with Gasteiger partial charge in [0.1, 0.15) is 5.75 Å². The Morgan fingerprint density at radius 2 is 1.86 bits per heavy atom. The fraction of sp³-hybridized carbons (Fsp3) is 0.364. The topological polar surface area (TPSA) is 93.5 Å². The van der Waals surface area contributed by atoms with E-state index in [4.69, 9.17) is 10.5 Å². The van der Waals surface area contributed by atoms with E-state index in [-0.39, 0.29) is 29.8 Å². The van der Waals surface area contributed by atoms with Crippen LogP contribution in [0.1, 0.15) is 41.6 Å². The van der Waals surface area contributed by atoms with Gasteiger partial charge in [0.15, 0.2) is 6.10 Å². The monoisotopic (exact) mass is 415 g/mol. The Morgan fingerprint density at radius 3 is 2.59 bits per heavy atom. The van der Waals surface area contributed by atoms with Crippen LogP contribution in [0.4, 0.5) is 5.69 Å². The third-order valence-corrected chi connectivity index (χ3v) is 5.66. The first-order chi connectivity index (χ1) is 13.6. The number of nitrogens with one attached hydrogen (secondary N) is 2. The van der Waals surface area contributed by atoms with Gasteiger partial charge in [-0.25, -0.2) is 0 Å². The molecular formula is C22H26ClN3O3. The maximum atomic E-state index is 12.7. The van der Waals surface area contributed by atoms with Crippen LogP contribution in [-0.2, 0) is 11.2 Å². The minimum Gasteiger partial charge on any atom is -0.480 e. The van der Waals surface area contributed by atoms with Crippen LogP contribution >= 0.6 is 12.4 Å². The summed E-state index contributed by atoms with van der Waals surface area (Å²) in [6.45, 7) is 0.439. The van der Waals surface area contributed by atoms with Gasteiger partial charge in [-0.1, -0.05) is 37.1 Å². The molecule has 1 atom stereocenters. The Labute approximate surface area is 176 Å². The number of halogens is 1. The van der Waals surface area contributed by atoms with Crippen LogP contribution in [-0.4, -0.2) is 30.0 Å². The lowest BCUT2D eigenvalue weighted by atomic mass is 9.97. The number of rotatable bonds is 5. The van der Waals surface area contributed by atoms with Gasteiger partial charge < -0.3 is 21.1 Å². The molecule has 0 radical (unpaired) electrons. The molecule has 1 aliphatic carbocycles. The molecule has 1 fully saturated rings. The van der Waals surface area contributed by atoms with Crippen molar-refractivity contribution in [2.75, 3.05) is 11.9 Å². The van der Waals surface area contributed by atoms with Gasteiger partial charge in [0.25, 0.3) is 11.8 Å². The van der Waals surface area contributed by atoms with Crippen LogP contribution in [0.2, 0.25) is 0 Å². The SMILES string of the molecule is Cl.NCC1(NC(=O)c2cccc(NC(=O)C3Cc4ccccc4O3)c2)CCCC1. The van der Waals surface area contributed by atoms with Crippen molar-refractivity contribution in [1.29, 1.82) is 0 Å². The second-order valence-electron chi connectivity index (χ2n) is 7.63. The largest absolute Gasteiger partial charge is 0.480 e. The average Bonchev–Trinajstić information content (AvgIpc) is 3.35. The second kappa shape index (κ2) is 8.84. The van der Waals surface area contributed by atoms with Gasteiger partial charge in [-0.15, -0.1) is 12.4 Å². The van der Waals surface area contributed by atoms with Crippen LogP contribution in [0.5, 0.6) is 5.75 Å². The molecule has 6 nitrogen and oxygen atoms in total. The van der Waals surface area contributed by atoms with Crippen molar-refractivity contribution in [2.24, 2.45) is 5.73 Å². The van der Waals surface area contributed by atoms with Crippen molar-refractivity contribution in [1.82, 2.24) is 5.32 Å². The highest BCUT2D eigenvalue weighted by Gasteiger charge is 2.34. The van der Waals surface area contributed by atoms with Crippen molar-refractivity contribution in [3.8, 4) is 5.75 Å². The summed E-state index contributed by atoms with van der Waals surface area (Å²) in [4.78, 5) is 25.3. The summed E-state index contributed by atoms with van der Waals surface area (Å²) in [5.74, 6) is 0.371. The van der Waals surface area contributed by atoms with Crippen LogP contribution < -0.4 is 21.1 Å². The maximum Gasteiger partial charge on any atom is 0.265 e. The summed E-state index contributed by atoms with van der Waals surface area (Å²) in [7, 11) is 0. The number of carbonyl (C=O) groups is 2. The van der Waals surface area contributed by atoms with E-state index in [2.05, 4.69) is 10.6 Å². The van der Waals surface area contributed by atoms with Gasteiger partial charge in [-0.3, -0.25) is 9.59 Å². The Balaban J connectivity index is 0.00000240. The number of ether oxygens (including phenoxy) is 1. The van der Waals surface area contributed by atoms with Crippen LogP contribution in [0, 0.1) is 0 Å². The molecule has 7 heteroatoms. The van der Waals surface area contributed by atoms with Gasteiger partial charge in [-0.2, -0.15) is 0 Å². The van der Waals surface area contributed by atoms with Crippen molar-refractivity contribution in [3.05, 3.63) is 59.7 Å². The number of fused-ring (bicyclic) bond motifs is 1. The zero-order chi connectivity index (χ0) is 19.6. The molecule has 4 rings (SSSR count). The lowest BCUT2D eigenvalue weighted by Gasteiger charge is -2.28. The first-order valence-corrected chi connectivity index (χ1v) is 9.77. The van der Waals surface area contributed by atoms with Gasteiger partial charge in [0, 0.05) is 24.2 Å². The fourth-order valence-electron chi connectivity index (χ4n) is 4.03. The summed E-state index contributed by atoms with van der Waals surface area (Å²) in [5.41, 5.74) is 7.71. The molecule has 0 bridgehead atoms. The molecule has 29 heavy (non-hydrogen) atoms. The van der Waals surface area contributed by atoms with Crippen molar-refractivity contribution in [2.45, 2.75) is 43.7 Å². The number of benzene rings is 2. The van der Waals surface area contributed by atoms with E-state index in [0.29, 0.717) is 24.2 Å². The minimum atomic E-state index is -0.561. The van der Waals surface area contributed by atoms with E-state index < -0.39 is 6.10 Å². The molecule has 1 heterocycles. The predicted molar refractivity (Wildman–Crippen MR) is 115 cm³/mol. The lowest BCUT2D eigenvalue weighted by molar-refractivity contribution is -0.122. The summed E-state index contributed by atoms with van der Waals surface area (Å²) in [5, 5.41) is 5.97. The van der Waals surface area contributed by atoms with E-state index in [0.717, 1.165) is 37.0 Å². The third-order valence-electron chi connectivity index (χ3n) is 5.66. The van der Waals surface area contributed by atoms with E-state index in [1.54, 1.807) is 24.3 Å². The second-order valence-corrected chi connectivity index (χ2v) is 7.63. The smallest absolute Gasteiger partial charge is 0.265 e. The summed E-state index contributed by atoms with van der Waals surface area (Å²) < 4.78 is 5.73. The first kappa shape index (κ1) is 21.1. The maximum absolute atomic E-state index is 12.7. The lowest BCUT2D eigenvalue weighted by Crippen LogP contribution is -2.51. The molecule has 1 unspecified atom stereocenters. The van der Waals surface area contributed by atoms with Crippen LogP contribution in [0.15, 0.2) is 48.5 Å². The van der Waals surface area contributed by atoms with E-state index in [1.807, 2.05) is 24.3 Å². The average molecular weight is 416 g/mol. The quantitative estimate of drug-likeness (QED) is 0.699. The standard InChI is InChI=1S/C22H25N3O3.ClH/c23-14-22(10-3-4-11-22)25-20(26)16-7-5-8-17(12-16)24-21(27)19-13-15-6-1-2-9-18(15)28-19;/h1-2,5-9,12,19H,3-4,10-11,13-14,23H2,(H,24,27)(H,25,26);1H. The number of hydrogen-bond donors (Lipinski definition) is 3. The number of hydrogen-bond acceptors (Lipinski definition) is 4. The van der Waals surface area contributed by atoms with Gasteiger partial charge in [-0.05, 0) is 42.7 Å². The van der Waals surface area contributed by atoms with E-state index in [9.17, 15) is 9.59 Å². The molecule has 154 valence electrons. The predicted octanol–water partition coefficient (Wildman–Crippen LogP) is 3.05. The molecule has 0 spiro atoms. The highest BCUT2D eigenvalue weighted by molar-refractivity contribution is 5.99.